The second-order valence-corrected chi connectivity index (χ2v) is 10.5. The van der Waals surface area contributed by atoms with Gasteiger partial charge in [-0.25, -0.2) is 0 Å². The first kappa shape index (κ1) is 33.6. The van der Waals surface area contributed by atoms with Crippen LogP contribution in [0.5, 0.6) is 0 Å². The summed E-state index contributed by atoms with van der Waals surface area (Å²) in [7, 11) is 4.22. The molecule has 0 fully saturated rings. The van der Waals surface area contributed by atoms with Gasteiger partial charge >= 0.3 is 0 Å². The lowest BCUT2D eigenvalue weighted by molar-refractivity contribution is -0.172. The number of nitrogens with zero attached hydrogens (tertiary/aromatic N) is 1. The molecule has 2 atom stereocenters. The van der Waals surface area contributed by atoms with Crippen molar-refractivity contribution in [3.8, 4) is 0 Å². The third-order valence-corrected chi connectivity index (χ3v) is 6.93. The van der Waals surface area contributed by atoms with Gasteiger partial charge in [0.2, 0.25) is 0 Å². The summed E-state index contributed by atoms with van der Waals surface area (Å²) in [5, 5.41) is 0. The number of rotatable bonds is 27. The molecule has 0 aromatic carbocycles. The zero-order chi connectivity index (χ0) is 25.1. The first-order chi connectivity index (χ1) is 16.6. The number of hydrogen-bond acceptors (Lipinski definition) is 3. The van der Waals surface area contributed by atoms with E-state index in [2.05, 4.69) is 51.9 Å². The molecule has 0 saturated heterocycles. The summed E-state index contributed by atoms with van der Waals surface area (Å²) in [6, 6.07) is 0.286. The second-order valence-electron chi connectivity index (χ2n) is 10.5. The van der Waals surface area contributed by atoms with Gasteiger partial charge in [0.15, 0.2) is 6.29 Å². The SMILES string of the molecule is CCCCCCCC/C=C\CCCCCCCCOC(OCCCCCCCC)C(C)N(C)C. The van der Waals surface area contributed by atoms with Gasteiger partial charge in [-0.05, 0) is 59.5 Å². The molecule has 0 aliphatic heterocycles. The van der Waals surface area contributed by atoms with Crippen LogP contribution in [0.2, 0.25) is 0 Å². The van der Waals surface area contributed by atoms with Gasteiger partial charge in [0.05, 0.1) is 6.04 Å². The fraction of sp³-hybridized carbons (Fsp3) is 0.935. The first-order valence-electron chi connectivity index (χ1n) is 15.2. The summed E-state index contributed by atoms with van der Waals surface area (Å²) >= 11 is 0. The molecule has 0 rings (SSSR count). The smallest absolute Gasteiger partial charge is 0.172 e. The topological polar surface area (TPSA) is 21.7 Å². The number of hydrogen-bond donors (Lipinski definition) is 0. The normalized spacial score (nSPS) is 13.8. The van der Waals surface area contributed by atoms with Crippen LogP contribution in [-0.4, -0.2) is 44.5 Å². The average molecular weight is 482 g/mol. The Morgan fingerprint density at radius 1 is 0.529 bits per heavy atom. The Balaban J connectivity index is 3.63. The van der Waals surface area contributed by atoms with Gasteiger partial charge < -0.3 is 14.4 Å². The van der Waals surface area contributed by atoms with Crippen molar-refractivity contribution in [3.05, 3.63) is 12.2 Å². The monoisotopic (exact) mass is 481 g/mol. The molecule has 0 aromatic rings. The van der Waals surface area contributed by atoms with Gasteiger partial charge in [-0.15, -0.1) is 0 Å². The summed E-state index contributed by atoms with van der Waals surface area (Å²) in [5.74, 6) is 0. The summed E-state index contributed by atoms with van der Waals surface area (Å²) in [6.07, 6.45) is 31.3. The molecule has 0 N–H and O–H groups in total. The van der Waals surface area contributed by atoms with Crippen molar-refractivity contribution in [2.45, 2.75) is 162 Å². The van der Waals surface area contributed by atoms with E-state index in [-0.39, 0.29) is 12.3 Å². The van der Waals surface area contributed by atoms with Crippen molar-refractivity contribution < 1.29 is 9.47 Å². The first-order valence-corrected chi connectivity index (χ1v) is 15.2. The molecule has 0 amide bonds. The Kier molecular flexibility index (Phi) is 26.9. The van der Waals surface area contributed by atoms with E-state index in [4.69, 9.17) is 9.47 Å². The molecule has 0 aliphatic carbocycles. The highest BCUT2D eigenvalue weighted by Crippen LogP contribution is 2.13. The predicted octanol–water partition coefficient (Wildman–Crippen LogP) is 9.69. The van der Waals surface area contributed by atoms with E-state index in [0.717, 1.165) is 26.1 Å². The quantitative estimate of drug-likeness (QED) is 0.0662. The van der Waals surface area contributed by atoms with E-state index in [1.54, 1.807) is 0 Å². The van der Waals surface area contributed by atoms with E-state index in [0.29, 0.717) is 0 Å². The third-order valence-electron chi connectivity index (χ3n) is 6.93. The molecule has 0 heterocycles. The van der Waals surface area contributed by atoms with Crippen LogP contribution in [0.3, 0.4) is 0 Å². The van der Waals surface area contributed by atoms with E-state index in [1.807, 2.05) is 0 Å². The molecule has 0 aromatic heterocycles. The Labute approximate surface area is 215 Å². The fourth-order valence-electron chi connectivity index (χ4n) is 4.20. The van der Waals surface area contributed by atoms with Crippen molar-refractivity contribution in [2.24, 2.45) is 0 Å². The summed E-state index contributed by atoms with van der Waals surface area (Å²) < 4.78 is 12.3. The fourth-order valence-corrected chi connectivity index (χ4v) is 4.20. The van der Waals surface area contributed by atoms with Crippen LogP contribution in [0.4, 0.5) is 0 Å². The number of unbranched alkanes of at least 4 members (excludes halogenated alkanes) is 17. The minimum atomic E-state index is -0.103. The molecule has 0 bridgehead atoms. The van der Waals surface area contributed by atoms with Gasteiger partial charge in [-0.2, -0.15) is 0 Å². The summed E-state index contributed by atoms with van der Waals surface area (Å²) in [5.41, 5.74) is 0. The van der Waals surface area contributed by atoms with Gasteiger partial charge in [0, 0.05) is 13.2 Å². The van der Waals surface area contributed by atoms with Gasteiger partial charge in [-0.1, -0.05) is 116 Å². The van der Waals surface area contributed by atoms with E-state index in [1.165, 1.54) is 116 Å². The van der Waals surface area contributed by atoms with Crippen LogP contribution in [0.25, 0.3) is 0 Å². The molecule has 3 heteroatoms. The van der Waals surface area contributed by atoms with Crippen LogP contribution >= 0.6 is 0 Å². The highest BCUT2D eigenvalue weighted by molar-refractivity contribution is 4.81. The Morgan fingerprint density at radius 2 is 0.882 bits per heavy atom. The molecule has 2 unspecified atom stereocenters. The number of likely N-dealkylation sites (N-methyl/N-ethyl adjacent to an activating group) is 1. The lowest BCUT2D eigenvalue weighted by Gasteiger charge is -2.29. The molecule has 0 spiro atoms. The van der Waals surface area contributed by atoms with E-state index >= 15 is 0 Å². The zero-order valence-electron chi connectivity index (χ0n) is 24.1. The Hall–Kier alpha value is -0.380. The molecular formula is C31H63NO2. The highest BCUT2D eigenvalue weighted by Gasteiger charge is 2.20. The number of allylic oxidation sites excluding steroid dienone is 2. The molecule has 0 aliphatic rings. The Bertz CT molecular complexity index is 410. The second kappa shape index (κ2) is 27.2. The maximum absolute atomic E-state index is 6.16. The average Bonchev–Trinajstić information content (AvgIpc) is 2.83. The lowest BCUT2D eigenvalue weighted by Crippen LogP contribution is -2.40. The minimum absolute atomic E-state index is 0.103. The molecule has 34 heavy (non-hydrogen) atoms. The molecule has 204 valence electrons. The summed E-state index contributed by atoms with van der Waals surface area (Å²) in [6.45, 7) is 8.40. The maximum atomic E-state index is 6.16. The molecule has 0 radical (unpaired) electrons. The van der Waals surface area contributed by atoms with Gasteiger partial charge in [0.25, 0.3) is 0 Å². The van der Waals surface area contributed by atoms with Crippen LogP contribution < -0.4 is 0 Å². The molecular weight excluding hydrogens is 418 g/mol. The van der Waals surface area contributed by atoms with Crippen LogP contribution in [0.1, 0.15) is 149 Å². The minimum Gasteiger partial charge on any atom is -0.351 e. The van der Waals surface area contributed by atoms with Crippen molar-refractivity contribution in [1.82, 2.24) is 4.90 Å². The van der Waals surface area contributed by atoms with E-state index < -0.39 is 0 Å². The van der Waals surface area contributed by atoms with Crippen molar-refractivity contribution >= 4 is 0 Å². The van der Waals surface area contributed by atoms with Crippen LogP contribution in [0, 0.1) is 0 Å². The zero-order valence-corrected chi connectivity index (χ0v) is 24.1. The largest absolute Gasteiger partial charge is 0.351 e. The van der Waals surface area contributed by atoms with E-state index in [9.17, 15) is 0 Å². The third kappa shape index (κ3) is 23.4. The maximum Gasteiger partial charge on any atom is 0.172 e. The Morgan fingerprint density at radius 3 is 1.26 bits per heavy atom. The van der Waals surface area contributed by atoms with Crippen molar-refractivity contribution in [2.75, 3.05) is 27.3 Å². The number of ether oxygens (including phenoxy) is 2. The predicted molar refractivity (Wildman–Crippen MR) is 152 cm³/mol. The van der Waals surface area contributed by atoms with Gasteiger partial charge in [0.1, 0.15) is 0 Å². The molecule has 3 nitrogen and oxygen atoms in total. The summed E-state index contributed by atoms with van der Waals surface area (Å²) in [4.78, 5) is 2.20. The van der Waals surface area contributed by atoms with Gasteiger partial charge in [-0.3, -0.25) is 0 Å². The lowest BCUT2D eigenvalue weighted by atomic mass is 10.1. The van der Waals surface area contributed by atoms with Crippen LogP contribution in [0.15, 0.2) is 12.2 Å². The van der Waals surface area contributed by atoms with Crippen molar-refractivity contribution in [1.29, 1.82) is 0 Å². The molecule has 0 saturated carbocycles. The van der Waals surface area contributed by atoms with Crippen LogP contribution in [-0.2, 0) is 9.47 Å². The van der Waals surface area contributed by atoms with Crippen molar-refractivity contribution in [3.63, 3.8) is 0 Å². The standard InChI is InChI=1S/C31H63NO2/c1-6-8-10-12-14-15-16-17-18-19-20-21-22-23-25-27-29-34-31(30(3)32(4)5)33-28-26-24-13-11-9-7-2/h17-18,30-31H,6-16,19-29H2,1-5H3/b18-17-. The highest BCUT2D eigenvalue weighted by atomic mass is 16.7.